The van der Waals surface area contributed by atoms with Crippen LogP contribution in [0, 0.1) is 0 Å². The second-order valence-electron chi connectivity index (χ2n) is 5.75. The minimum Gasteiger partial charge on any atom is -0.493 e. The zero-order chi connectivity index (χ0) is 16.7. The van der Waals surface area contributed by atoms with Crippen LogP contribution >= 0.6 is 11.6 Å². The fraction of sp³-hybridized carbons (Fsp3) is 0.278. The van der Waals surface area contributed by atoms with Gasteiger partial charge in [0.05, 0.1) is 20.8 Å². The molecule has 0 bridgehead atoms. The molecule has 0 amide bonds. The normalized spacial score (nSPS) is 18.4. The molecule has 0 fully saturated rings. The number of nitrogens with one attached hydrogen (secondary N) is 1. The molecule has 2 aliphatic rings. The van der Waals surface area contributed by atoms with E-state index in [1.54, 1.807) is 14.2 Å². The maximum Gasteiger partial charge on any atom is 0.161 e. The van der Waals surface area contributed by atoms with E-state index in [0.717, 1.165) is 41.5 Å². The first-order chi connectivity index (χ1) is 11.7. The van der Waals surface area contributed by atoms with Gasteiger partial charge in [-0.25, -0.2) is 0 Å². The lowest BCUT2D eigenvalue weighted by molar-refractivity contribution is 0.347. The predicted octanol–water partition coefficient (Wildman–Crippen LogP) is 3.54. The Balaban J connectivity index is 1.78. The summed E-state index contributed by atoms with van der Waals surface area (Å²) < 4.78 is 10.8. The lowest BCUT2D eigenvalue weighted by Gasteiger charge is -2.38. The molecule has 0 unspecified atom stereocenters. The van der Waals surface area contributed by atoms with E-state index in [-0.39, 0.29) is 6.17 Å². The van der Waals surface area contributed by atoms with Crippen LogP contribution in [0.1, 0.15) is 17.3 Å². The third-order valence-electron chi connectivity index (χ3n) is 4.42. The summed E-state index contributed by atoms with van der Waals surface area (Å²) in [6.07, 6.45) is -0.0166. The molecule has 0 aliphatic carbocycles. The maximum absolute atomic E-state index is 6.17. The molecular weight excluding hydrogens is 326 g/mol. The number of nitrogens with zero attached hydrogens (tertiary/aromatic N) is 2. The molecule has 2 aromatic rings. The fourth-order valence-electron chi connectivity index (χ4n) is 3.29. The zero-order valence-electron chi connectivity index (χ0n) is 13.5. The van der Waals surface area contributed by atoms with Gasteiger partial charge >= 0.3 is 0 Å². The van der Waals surface area contributed by atoms with Crippen LogP contribution in [0.5, 0.6) is 11.5 Å². The van der Waals surface area contributed by atoms with E-state index in [4.69, 9.17) is 21.1 Å². The predicted molar refractivity (Wildman–Crippen MR) is 95.5 cm³/mol. The van der Waals surface area contributed by atoms with Crippen molar-refractivity contribution in [3.63, 3.8) is 0 Å². The van der Waals surface area contributed by atoms with E-state index in [1.165, 1.54) is 0 Å². The van der Waals surface area contributed by atoms with Crippen molar-refractivity contribution in [1.29, 1.82) is 0 Å². The van der Waals surface area contributed by atoms with Gasteiger partial charge in [0.2, 0.25) is 0 Å². The maximum atomic E-state index is 6.17. The van der Waals surface area contributed by atoms with Crippen molar-refractivity contribution in [2.45, 2.75) is 6.17 Å². The fourth-order valence-corrected chi connectivity index (χ4v) is 3.47. The molecule has 2 aromatic carbocycles. The molecule has 0 radical (unpaired) electrons. The monoisotopic (exact) mass is 343 g/mol. The standard InChI is InChI=1S/C18H18ClN3O2/c1-23-15-6-3-11(9-16(15)24-2)17-21-14-10-12(19)4-5-13(14)18-20-7-8-22(17)18/h3-6,9-10,17,21H,7-8H2,1-2H3/t17-/m1/s1. The number of rotatable bonds is 3. The van der Waals surface area contributed by atoms with Gasteiger partial charge in [-0.1, -0.05) is 17.7 Å². The minimum atomic E-state index is -0.0166. The highest BCUT2D eigenvalue weighted by molar-refractivity contribution is 6.31. The largest absolute Gasteiger partial charge is 0.493 e. The van der Waals surface area contributed by atoms with E-state index in [2.05, 4.69) is 15.2 Å². The molecule has 5 nitrogen and oxygen atoms in total. The summed E-state index contributed by atoms with van der Waals surface area (Å²) in [7, 11) is 3.29. The first kappa shape index (κ1) is 15.1. The van der Waals surface area contributed by atoms with Crippen molar-refractivity contribution in [3.8, 4) is 11.5 Å². The summed E-state index contributed by atoms with van der Waals surface area (Å²) in [5.74, 6) is 2.45. The Labute approximate surface area is 145 Å². The molecule has 1 N–H and O–H groups in total. The Kier molecular flexibility index (Phi) is 3.73. The van der Waals surface area contributed by atoms with Crippen LogP contribution in [0.2, 0.25) is 5.02 Å². The van der Waals surface area contributed by atoms with Gasteiger partial charge in [0.15, 0.2) is 11.5 Å². The number of amidine groups is 1. The van der Waals surface area contributed by atoms with Crippen molar-refractivity contribution in [1.82, 2.24) is 4.90 Å². The van der Waals surface area contributed by atoms with Gasteiger partial charge in [0.1, 0.15) is 12.0 Å². The molecule has 2 aliphatic heterocycles. The second-order valence-corrected chi connectivity index (χ2v) is 6.19. The van der Waals surface area contributed by atoms with Crippen LogP contribution in [-0.2, 0) is 0 Å². The Morgan fingerprint density at radius 1 is 1.12 bits per heavy atom. The van der Waals surface area contributed by atoms with E-state index in [1.807, 2.05) is 36.4 Å². The number of halogens is 1. The van der Waals surface area contributed by atoms with Crippen molar-refractivity contribution in [3.05, 3.63) is 52.5 Å². The Morgan fingerprint density at radius 3 is 2.75 bits per heavy atom. The number of methoxy groups -OCH3 is 2. The van der Waals surface area contributed by atoms with Gasteiger partial charge in [0.25, 0.3) is 0 Å². The summed E-state index contributed by atoms with van der Waals surface area (Å²) in [5.41, 5.74) is 3.18. The molecule has 0 saturated heterocycles. The highest BCUT2D eigenvalue weighted by Gasteiger charge is 2.34. The number of anilines is 1. The molecule has 24 heavy (non-hydrogen) atoms. The van der Waals surface area contributed by atoms with Crippen LogP contribution in [0.15, 0.2) is 41.4 Å². The molecule has 0 aromatic heterocycles. The average molecular weight is 344 g/mol. The Bertz CT molecular complexity index is 822. The van der Waals surface area contributed by atoms with Gasteiger partial charge in [-0.3, -0.25) is 4.99 Å². The number of hydrogen-bond donors (Lipinski definition) is 1. The van der Waals surface area contributed by atoms with Crippen molar-refractivity contribution in [2.24, 2.45) is 4.99 Å². The molecule has 0 saturated carbocycles. The van der Waals surface area contributed by atoms with Crippen LogP contribution in [0.4, 0.5) is 5.69 Å². The SMILES string of the molecule is COc1ccc([C@@H]2Nc3cc(Cl)ccc3C3=NCCN32)cc1OC. The minimum absolute atomic E-state index is 0.0166. The lowest BCUT2D eigenvalue weighted by atomic mass is 10.0. The van der Waals surface area contributed by atoms with Crippen molar-refractivity contribution < 1.29 is 9.47 Å². The average Bonchev–Trinajstić information content (AvgIpc) is 3.10. The number of ether oxygens (including phenoxy) is 2. The van der Waals surface area contributed by atoms with Gasteiger partial charge in [-0.15, -0.1) is 0 Å². The van der Waals surface area contributed by atoms with Crippen LogP contribution in [0.3, 0.4) is 0 Å². The Hall–Kier alpha value is -2.40. The number of fused-ring (bicyclic) bond motifs is 3. The van der Waals surface area contributed by atoms with Crippen LogP contribution in [0.25, 0.3) is 0 Å². The summed E-state index contributed by atoms with van der Waals surface area (Å²) in [5, 5.41) is 4.29. The smallest absolute Gasteiger partial charge is 0.161 e. The first-order valence-electron chi connectivity index (χ1n) is 7.81. The summed E-state index contributed by atoms with van der Waals surface area (Å²) in [6, 6.07) is 11.8. The van der Waals surface area contributed by atoms with Crippen molar-refractivity contribution in [2.75, 3.05) is 32.6 Å². The third-order valence-corrected chi connectivity index (χ3v) is 4.66. The third kappa shape index (κ3) is 2.36. The second kappa shape index (κ2) is 5.91. The first-order valence-corrected chi connectivity index (χ1v) is 8.18. The lowest BCUT2D eigenvalue weighted by Crippen LogP contribution is -2.41. The van der Waals surface area contributed by atoms with E-state index < -0.39 is 0 Å². The highest BCUT2D eigenvalue weighted by atomic mass is 35.5. The highest BCUT2D eigenvalue weighted by Crippen LogP contribution is 2.38. The molecule has 4 rings (SSSR count). The summed E-state index contributed by atoms with van der Waals surface area (Å²) >= 11 is 6.17. The van der Waals surface area contributed by atoms with Gasteiger partial charge < -0.3 is 19.7 Å². The van der Waals surface area contributed by atoms with E-state index >= 15 is 0 Å². The van der Waals surface area contributed by atoms with Gasteiger partial charge in [-0.05, 0) is 35.9 Å². The quantitative estimate of drug-likeness (QED) is 0.926. The number of benzene rings is 2. The number of hydrogen-bond acceptors (Lipinski definition) is 5. The topological polar surface area (TPSA) is 46.1 Å². The van der Waals surface area contributed by atoms with Crippen molar-refractivity contribution >= 4 is 23.1 Å². The molecule has 6 heteroatoms. The van der Waals surface area contributed by atoms with E-state index in [0.29, 0.717) is 10.8 Å². The number of aliphatic imine (C=N–C) groups is 1. The van der Waals surface area contributed by atoms with Gasteiger partial charge in [0, 0.05) is 22.8 Å². The van der Waals surface area contributed by atoms with Crippen LogP contribution in [-0.4, -0.2) is 38.0 Å². The molecule has 124 valence electrons. The zero-order valence-corrected chi connectivity index (χ0v) is 14.3. The molecule has 2 heterocycles. The Morgan fingerprint density at radius 2 is 1.96 bits per heavy atom. The molecule has 1 atom stereocenters. The summed E-state index contributed by atoms with van der Waals surface area (Å²) in [6.45, 7) is 1.67. The van der Waals surface area contributed by atoms with Gasteiger partial charge in [-0.2, -0.15) is 0 Å². The van der Waals surface area contributed by atoms with E-state index in [9.17, 15) is 0 Å². The summed E-state index contributed by atoms with van der Waals surface area (Å²) in [4.78, 5) is 6.96. The van der Waals surface area contributed by atoms with Crippen LogP contribution < -0.4 is 14.8 Å². The molecular formula is C18H18ClN3O2. The molecule has 0 spiro atoms.